The number of allylic oxidation sites excluding steroid dienone is 2. The largest absolute Gasteiger partial charge is 0.512 e. The summed E-state index contributed by atoms with van der Waals surface area (Å²) in [7, 11) is 0. The third kappa shape index (κ3) is 18.3. The number of imidazole rings is 3. The van der Waals surface area contributed by atoms with Crippen LogP contribution in [0.15, 0.2) is 455 Å². The first-order valence-corrected chi connectivity index (χ1v) is 46.7. The number of thiophene rings is 2. The number of hydrogen-bond donors (Lipinski definition) is 1. The molecule has 0 spiro atoms. The number of rotatable bonds is 6. The Labute approximate surface area is 851 Å². The Bertz CT molecular complexity index is 9240. The summed E-state index contributed by atoms with van der Waals surface area (Å²) in [6.07, 6.45) is 8.35. The maximum absolute atomic E-state index is 10.0. The topological polar surface area (TPSA) is 106 Å². The van der Waals surface area contributed by atoms with Crippen LogP contribution in [0.5, 0.6) is 0 Å². The van der Waals surface area contributed by atoms with Crippen molar-refractivity contribution in [3.8, 4) is 79.2 Å². The summed E-state index contributed by atoms with van der Waals surface area (Å²) in [6.45, 7) is 5.96. The van der Waals surface area contributed by atoms with Crippen LogP contribution in [0.3, 0.4) is 0 Å². The van der Waals surface area contributed by atoms with E-state index in [1.165, 1.54) is 161 Å². The fourth-order valence-corrected chi connectivity index (χ4v) is 21.3. The van der Waals surface area contributed by atoms with Gasteiger partial charge in [-0.2, -0.15) is 29.4 Å². The molecule has 29 rings (SSSR count). The van der Waals surface area contributed by atoms with Gasteiger partial charge < -0.3 is 19.6 Å². The van der Waals surface area contributed by atoms with E-state index in [-0.39, 0.29) is 119 Å². The predicted molar refractivity (Wildman–Crippen MR) is 562 cm³/mol. The number of benzene rings is 15. The second kappa shape index (κ2) is 41.4. The average Bonchev–Trinajstić information content (AvgIpc) is 1.53. The van der Waals surface area contributed by atoms with Gasteiger partial charge >= 0.3 is 0 Å². The number of carbonyl (C=O) groups excluding carboxylic acids is 1. The fourth-order valence-electron chi connectivity index (χ4n) is 18.8. The number of aromatic nitrogens is 10. The van der Waals surface area contributed by atoms with Crippen molar-refractivity contribution in [2.75, 3.05) is 0 Å². The van der Waals surface area contributed by atoms with Crippen molar-refractivity contribution in [2.45, 2.75) is 47.5 Å². The molecule has 1 N–H and O–H groups in total. The number of ketones is 1. The van der Waals surface area contributed by atoms with Gasteiger partial charge in [0.15, 0.2) is 53.3 Å². The second-order valence-electron chi connectivity index (χ2n) is 33.1. The zero-order chi connectivity index (χ0) is 97.5. The van der Waals surface area contributed by atoms with Gasteiger partial charge in [-0.3, -0.25) is 9.78 Å². The number of pyridine rings is 5. The summed E-state index contributed by atoms with van der Waals surface area (Å²) in [5.41, 5.74) is 26.7. The summed E-state index contributed by atoms with van der Waals surface area (Å²) in [5, 5.41) is 17.9. The maximum Gasteiger partial charge on any atom is 0.296 e. The van der Waals surface area contributed by atoms with Gasteiger partial charge in [0.1, 0.15) is 24.3 Å². The molecule has 676 valence electrons. The van der Waals surface area contributed by atoms with E-state index in [0.717, 1.165) is 70.3 Å². The number of aliphatic hydroxyl groups is 1. The van der Waals surface area contributed by atoms with E-state index >= 15 is 0 Å². The first kappa shape index (κ1) is 83.8. The number of hydrogen-bond acceptors (Lipinski definition) is 7. The minimum absolute atomic E-state index is 0. The van der Waals surface area contributed by atoms with Crippen LogP contribution in [0.4, 0.5) is 0 Å². The third-order valence-electron chi connectivity index (χ3n) is 24.6. The number of nitrogens with zero attached hydrogens (tertiary/aromatic N) is 10. The quantitative estimate of drug-likeness (QED) is 0.0587. The number of aliphatic hydroxyl groups excluding tert-OH is 1. The Morgan fingerprint density at radius 3 is 1.68 bits per heavy atom. The molecule has 14 heterocycles. The van der Waals surface area contributed by atoms with Gasteiger partial charge in [0.25, 0.3) is 11.5 Å². The Balaban J connectivity index is 0.000000106. The van der Waals surface area contributed by atoms with Gasteiger partial charge in [0.05, 0.1) is 54.3 Å². The third-order valence-corrected chi connectivity index (χ3v) is 27.0. The van der Waals surface area contributed by atoms with Crippen molar-refractivity contribution in [1.82, 2.24) is 28.5 Å². The molecule has 25 aromatic rings. The zero-order valence-corrected chi connectivity index (χ0v) is 81.2. The van der Waals surface area contributed by atoms with Gasteiger partial charge in [0.2, 0.25) is 11.4 Å². The molecule has 2 radical (unpaired) electrons. The molecule has 0 aliphatic carbocycles. The van der Waals surface area contributed by atoms with E-state index in [0.29, 0.717) is 5.56 Å². The molecular formula is C123H93Ir2N10O2S2+. The van der Waals surface area contributed by atoms with E-state index in [2.05, 4.69) is 310 Å². The minimum atomic E-state index is -0.344. The molecule has 4 aliphatic heterocycles. The molecule has 0 fully saturated rings. The molecule has 12 nitrogen and oxygen atoms in total. The molecule has 4 aliphatic rings. The number of fused-ring (bicyclic) bond motifs is 25. The van der Waals surface area contributed by atoms with Gasteiger partial charge in [-0.1, -0.05) is 231 Å². The van der Waals surface area contributed by atoms with Crippen LogP contribution in [0, 0.1) is 18.2 Å². The molecular weight excluding hydrogens is 2100 g/mol. The van der Waals surface area contributed by atoms with Crippen LogP contribution >= 0.6 is 22.7 Å². The summed E-state index contributed by atoms with van der Waals surface area (Å²) < 4.78 is 75.7. The second-order valence-corrected chi connectivity index (χ2v) is 35.2. The Kier molecular flexibility index (Phi) is 25.0. The summed E-state index contributed by atoms with van der Waals surface area (Å²) in [6, 6.07) is 139. The summed E-state index contributed by atoms with van der Waals surface area (Å²) >= 11 is 3.73. The van der Waals surface area contributed by atoms with Crippen molar-refractivity contribution in [1.29, 1.82) is 0 Å². The van der Waals surface area contributed by atoms with E-state index in [9.17, 15) is 4.79 Å². The van der Waals surface area contributed by atoms with E-state index in [1.807, 2.05) is 156 Å². The van der Waals surface area contributed by atoms with Crippen LogP contribution in [0.25, 0.3) is 180 Å². The van der Waals surface area contributed by atoms with E-state index in [4.69, 9.17) is 19.7 Å². The van der Waals surface area contributed by atoms with Gasteiger partial charge in [-0.15, -0.1) is 107 Å². The van der Waals surface area contributed by atoms with E-state index in [1.54, 1.807) is 10.8 Å². The van der Waals surface area contributed by atoms with Crippen molar-refractivity contribution < 1.29 is 78.0 Å². The normalized spacial score (nSPS) is 12.3. The van der Waals surface area contributed by atoms with Crippen LogP contribution in [-0.4, -0.2) is 39.4 Å². The van der Waals surface area contributed by atoms with Crippen LogP contribution in [0.2, 0.25) is 0 Å². The fraction of sp³-hybridized carbons (Fsp3) is 0.0569. The van der Waals surface area contributed by atoms with Crippen molar-refractivity contribution in [3.63, 3.8) is 0 Å². The predicted octanol–water partition coefficient (Wildman–Crippen LogP) is 28.0. The SMILES string of the molecule is C.CC(=O)C=C(C)O.[2H]c1c[n+]2c(c([2H])c1[2H])-c1c([2H])c([2H])c([2H])c([2H])c1C2.[Ir].[Ir].[c-]1ccc2c(sc3ccccc32)c1-c1ccccn1.[c-]1ccccc1-c1ccccn1.[c-]1ccccc1-c1nc2ccccc2n1-c1ccccc1.c1cc2c3c(c1)c1ccccc1n1c4ccccc4[n+](c31)C2.c1cc[n+]2c(c1)-c1c(ccc3c1sc1ccccc13)C2.c1ccc(-n2c3[n+](c4ccccc42)Cc2ccccc2-3)cc1. The molecule has 16 heteroatoms. The summed E-state index contributed by atoms with van der Waals surface area (Å²) in [4.78, 5) is 23.5. The van der Waals surface area contributed by atoms with Crippen LogP contribution in [-0.2, 0) is 71.2 Å². The Hall–Kier alpha value is -15.7. The molecule has 0 unspecified atom stereocenters. The first-order valence-electron chi connectivity index (χ1n) is 48.5. The molecule has 0 saturated heterocycles. The van der Waals surface area contributed by atoms with Crippen LogP contribution in [0.1, 0.15) is 53.1 Å². The van der Waals surface area contributed by atoms with Gasteiger partial charge in [0, 0.05) is 146 Å². The Morgan fingerprint density at radius 1 is 0.410 bits per heavy atom. The van der Waals surface area contributed by atoms with Crippen molar-refractivity contribution >= 4 is 129 Å². The van der Waals surface area contributed by atoms with Gasteiger partial charge in [-0.25, -0.2) is 9.13 Å². The van der Waals surface area contributed by atoms with E-state index < -0.39 is 0 Å². The zero-order valence-electron chi connectivity index (χ0n) is 81.8. The molecule has 0 bridgehead atoms. The standard InChI is InChI=1S/C20H13N2.C20H15N2.C19H13N2.C18H12NS.C17H10NS.C12H10N.C11H8N.C5H8O2.CH4.2Ir/c1-2-9-16-14(7-1)15-8-5-6-13-12-21-17-10-3-4-11-18(17)22(16)20(21)19(13)15;1-2-9-16(10-3-1)22-19-13-7-6-12-18(19)21-14-15-8-4-5-11-17(15)20(21)22;1-3-9-15(10-4-1)19-20-17-13-7-8-14-18(17)21(19)16-11-5-2-6-12-16;1-2-7-16-13(5-1)14-9-8-12-11-19-10-4-3-6-15(19)17(12)18(14)20-16;1-2-10-16-12(6-1)13-7-5-8-14(17(13)19-16)15-9-3-4-11-18-15;1-2-6-11-10(5-1)9-13-8-4-3-7-12(11)13;1-2-6-10(7-3-1)11-8-4-5-9-12-11;1-4(6)3-5(2)7;;;/h1-11H,12H2;1-13H,14H2;1-9,11-14H;1-10H,11H2;1-7,9-11H;1-8H,9H2;1-6,8-9H;3,6H,1-2H3;1H4;;/q2*+1;-1;+1;-1;+1;-1;;;;/i;;;;;1D,2D,3D,4D,5D,6D,7D;;;;;. The molecule has 0 amide bonds. The van der Waals surface area contributed by atoms with Crippen molar-refractivity contribution in [2.24, 2.45) is 0 Å². The van der Waals surface area contributed by atoms with Gasteiger partial charge in [-0.05, 0) is 151 Å². The monoisotopic (exact) mass is 2200 g/mol. The number of para-hydroxylation sites is 9. The maximum atomic E-state index is 10.0. The van der Waals surface area contributed by atoms with Crippen LogP contribution < -0.4 is 18.3 Å². The molecule has 15 aromatic carbocycles. The molecule has 0 saturated carbocycles. The minimum Gasteiger partial charge on any atom is -0.512 e. The van der Waals surface area contributed by atoms with Crippen molar-refractivity contribution in [3.05, 3.63) is 495 Å². The molecule has 10 aromatic heterocycles. The Morgan fingerprint density at radius 2 is 0.971 bits per heavy atom. The average molecular weight is 2200 g/mol. The molecule has 139 heavy (non-hydrogen) atoms. The first-order chi connectivity index (χ1) is 70.1. The smallest absolute Gasteiger partial charge is 0.296 e. The number of carbonyl (C=O) groups is 1. The molecule has 0 atom stereocenters. The summed E-state index contributed by atoms with van der Waals surface area (Å²) in [5.74, 6) is 2.14.